The predicted molar refractivity (Wildman–Crippen MR) is 65.3 cm³/mol. The van der Waals surface area contributed by atoms with Crippen LogP contribution in [0.2, 0.25) is 0 Å². The maximum atomic E-state index is 11.6. The number of amides is 1. The SMILES string of the molecule is CC(=O)CC(=O)Nc1ccccc1-n1cncn1. The number of hydrogen-bond acceptors (Lipinski definition) is 4. The maximum Gasteiger partial charge on any atom is 0.231 e. The second kappa shape index (κ2) is 5.22. The number of para-hydroxylation sites is 2. The molecule has 0 fully saturated rings. The van der Waals surface area contributed by atoms with Gasteiger partial charge in [0, 0.05) is 0 Å². The molecule has 0 aliphatic carbocycles. The van der Waals surface area contributed by atoms with E-state index in [1.165, 1.54) is 19.6 Å². The number of carbonyl (C=O) groups excluding carboxylic acids is 2. The number of ketones is 1. The summed E-state index contributed by atoms with van der Waals surface area (Å²) in [5.74, 6) is -0.513. The summed E-state index contributed by atoms with van der Waals surface area (Å²) in [4.78, 5) is 26.3. The van der Waals surface area contributed by atoms with Gasteiger partial charge < -0.3 is 5.32 Å². The van der Waals surface area contributed by atoms with Crippen LogP contribution in [0.5, 0.6) is 0 Å². The van der Waals surface area contributed by atoms with Gasteiger partial charge in [0.05, 0.1) is 17.8 Å². The molecule has 0 saturated carbocycles. The van der Waals surface area contributed by atoms with Crippen molar-refractivity contribution in [2.24, 2.45) is 0 Å². The van der Waals surface area contributed by atoms with Crippen molar-refractivity contribution in [1.82, 2.24) is 14.8 Å². The lowest BCUT2D eigenvalue weighted by atomic mass is 10.2. The van der Waals surface area contributed by atoms with Crippen molar-refractivity contribution in [1.29, 1.82) is 0 Å². The van der Waals surface area contributed by atoms with Crippen LogP contribution < -0.4 is 5.32 Å². The lowest BCUT2D eigenvalue weighted by Crippen LogP contribution is -2.16. The molecule has 2 aromatic rings. The van der Waals surface area contributed by atoms with Crippen LogP contribution in [-0.4, -0.2) is 26.5 Å². The third-order valence-corrected chi connectivity index (χ3v) is 2.25. The number of Topliss-reactive ketones (excluding diaryl/α,β-unsaturated/α-hetero) is 1. The topological polar surface area (TPSA) is 76.9 Å². The molecule has 1 aromatic carbocycles. The molecule has 0 saturated heterocycles. The Bertz CT molecular complexity index is 563. The number of carbonyl (C=O) groups is 2. The van der Waals surface area contributed by atoms with E-state index >= 15 is 0 Å². The standard InChI is InChI=1S/C12H12N4O2/c1-9(17)6-12(18)15-10-4-2-3-5-11(10)16-8-13-7-14-16/h2-5,7-8H,6H2,1H3,(H,15,18). The Morgan fingerprint density at radius 2 is 2.11 bits per heavy atom. The first-order chi connectivity index (χ1) is 8.66. The van der Waals surface area contributed by atoms with Crippen molar-refractivity contribution in [2.75, 3.05) is 5.32 Å². The minimum Gasteiger partial charge on any atom is -0.324 e. The smallest absolute Gasteiger partial charge is 0.231 e. The van der Waals surface area contributed by atoms with Crippen molar-refractivity contribution in [3.05, 3.63) is 36.9 Å². The monoisotopic (exact) mass is 244 g/mol. The molecule has 0 atom stereocenters. The van der Waals surface area contributed by atoms with Gasteiger partial charge in [-0.25, -0.2) is 9.67 Å². The summed E-state index contributed by atoms with van der Waals surface area (Å²) in [5, 5.41) is 6.68. The highest BCUT2D eigenvalue weighted by Gasteiger charge is 2.09. The van der Waals surface area contributed by atoms with E-state index in [0.29, 0.717) is 11.4 Å². The molecule has 1 heterocycles. The Morgan fingerprint density at radius 3 is 2.78 bits per heavy atom. The number of aromatic nitrogens is 3. The molecule has 6 heteroatoms. The number of nitrogens with zero attached hydrogens (tertiary/aromatic N) is 3. The summed E-state index contributed by atoms with van der Waals surface area (Å²) in [5.41, 5.74) is 1.29. The van der Waals surface area contributed by atoms with E-state index in [2.05, 4.69) is 15.4 Å². The number of hydrogen-bond donors (Lipinski definition) is 1. The minimum atomic E-state index is -0.338. The van der Waals surface area contributed by atoms with Gasteiger partial charge in [0.25, 0.3) is 0 Å². The van der Waals surface area contributed by atoms with Gasteiger partial charge in [0.15, 0.2) is 0 Å². The minimum absolute atomic E-state index is 0.133. The Morgan fingerprint density at radius 1 is 1.33 bits per heavy atom. The van der Waals surface area contributed by atoms with Crippen LogP contribution in [-0.2, 0) is 9.59 Å². The Labute approximate surface area is 104 Å². The van der Waals surface area contributed by atoms with E-state index in [0.717, 1.165) is 0 Å². The third kappa shape index (κ3) is 2.79. The molecule has 1 aromatic heterocycles. The summed E-state index contributed by atoms with van der Waals surface area (Å²) >= 11 is 0. The highest BCUT2D eigenvalue weighted by molar-refractivity contribution is 6.04. The quantitative estimate of drug-likeness (QED) is 0.819. The first-order valence-corrected chi connectivity index (χ1v) is 5.40. The van der Waals surface area contributed by atoms with Crippen molar-refractivity contribution in [2.45, 2.75) is 13.3 Å². The molecule has 0 aliphatic rings. The first-order valence-electron chi connectivity index (χ1n) is 5.40. The molecule has 92 valence electrons. The molecule has 18 heavy (non-hydrogen) atoms. The van der Waals surface area contributed by atoms with E-state index in [1.54, 1.807) is 22.9 Å². The van der Waals surface area contributed by atoms with Crippen molar-refractivity contribution in [3.8, 4) is 5.69 Å². The molecule has 2 rings (SSSR count). The van der Waals surface area contributed by atoms with E-state index in [-0.39, 0.29) is 18.1 Å². The summed E-state index contributed by atoms with van der Waals surface area (Å²) in [6.07, 6.45) is 2.82. The van der Waals surface area contributed by atoms with E-state index in [9.17, 15) is 9.59 Å². The van der Waals surface area contributed by atoms with Gasteiger partial charge >= 0.3 is 0 Å². The highest BCUT2D eigenvalue weighted by atomic mass is 16.2. The average Bonchev–Trinajstić information content (AvgIpc) is 2.81. The zero-order valence-corrected chi connectivity index (χ0v) is 9.83. The van der Waals surface area contributed by atoms with Gasteiger partial charge in [0.1, 0.15) is 18.4 Å². The molecule has 0 spiro atoms. The van der Waals surface area contributed by atoms with Crippen LogP contribution in [0.3, 0.4) is 0 Å². The number of nitrogens with one attached hydrogen (secondary N) is 1. The molecular formula is C12H12N4O2. The van der Waals surface area contributed by atoms with Gasteiger partial charge in [-0.3, -0.25) is 9.59 Å². The average molecular weight is 244 g/mol. The Kier molecular flexibility index (Phi) is 3.47. The van der Waals surface area contributed by atoms with Crippen molar-refractivity contribution >= 4 is 17.4 Å². The van der Waals surface area contributed by atoms with Gasteiger partial charge in [-0.15, -0.1) is 0 Å². The molecule has 0 unspecified atom stereocenters. The zero-order chi connectivity index (χ0) is 13.0. The summed E-state index contributed by atoms with van der Waals surface area (Å²) in [6, 6.07) is 7.18. The Balaban J connectivity index is 2.23. The van der Waals surface area contributed by atoms with Crippen molar-refractivity contribution in [3.63, 3.8) is 0 Å². The normalized spacial score (nSPS) is 10.1. The summed E-state index contributed by atoms with van der Waals surface area (Å²) < 4.78 is 1.55. The zero-order valence-electron chi connectivity index (χ0n) is 9.83. The maximum absolute atomic E-state index is 11.6. The van der Waals surface area contributed by atoms with E-state index < -0.39 is 0 Å². The number of anilines is 1. The van der Waals surface area contributed by atoms with E-state index in [1.807, 2.05) is 6.07 Å². The fraction of sp³-hybridized carbons (Fsp3) is 0.167. The van der Waals surface area contributed by atoms with Crippen LogP contribution in [0.25, 0.3) is 5.69 Å². The van der Waals surface area contributed by atoms with Crippen LogP contribution in [0, 0.1) is 0 Å². The molecule has 1 amide bonds. The molecule has 6 nitrogen and oxygen atoms in total. The fourth-order valence-corrected chi connectivity index (χ4v) is 1.53. The van der Waals surface area contributed by atoms with Crippen molar-refractivity contribution < 1.29 is 9.59 Å². The van der Waals surface area contributed by atoms with Crippen LogP contribution in [0.4, 0.5) is 5.69 Å². The van der Waals surface area contributed by atoms with Crippen LogP contribution >= 0.6 is 0 Å². The Hall–Kier alpha value is -2.50. The highest BCUT2D eigenvalue weighted by Crippen LogP contribution is 2.18. The first kappa shape index (κ1) is 12.0. The molecule has 0 bridgehead atoms. The second-order valence-corrected chi connectivity index (χ2v) is 3.78. The van der Waals surface area contributed by atoms with Gasteiger partial charge in [0.2, 0.25) is 5.91 Å². The van der Waals surface area contributed by atoms with Crippen LogP contribution in [0.15, 0.2) is 36.9 Å². The lowest BCUT2D eigenvalue weighted by Gasteiger charge is -2.09. The van der Waals surface area contributed by atoms with E-state index in [4.69, 9.17) is 0 Å². The number of rotatable bonds is 4. The molecule has 0 radical (unpaired) electrons. The summed E-state index contributed by atoms with van der Waals surface area (Å²) in [6.45, 7) is 1.38. The fourth-order valence-electron chi connectivity index (χ4n) is 1.53. The molecule has 1 N–H and O–H groups in total. The van der Waals surface area contributed by atoms with Crippen LogP contribution in [0.1, 0.15) is 13.3 Å². The second-order valence-electron chi connectivity index (χ2n) is 3.78. The molecule has 0 aliphatic heterocycles. The van der Waals surface area contributed by atoms with Gasteiger partial charge in [-0.05, 0) is 19.1 Å². The third-order valence-electron chi connectivity index (χ3n) is 2.25. The van der Waals surface area contributed by atoms with Gasteiger partial charge in [-0.2, -0.15) is 5.10 Å². The predicted octanol–water partition coefficient (Wildman–Crippen LogP) is 1.18. The molecular weight excluding hydrogens is 232 g/mol. The summed E-state index contributed by atoms with van der Waals surface area (Å²) in [7, 11) is 0. The number of benzene rings is 1. The largest absolute Gasteiger partial charge is 0.324 e. The lowest BCUT2D eigenvalue weighted by molar-refractivity contribution is -0.124. The van der Waals surface area contributed by atoms with Gasteiger partial charge in [-0.1, -0.05) is 12.1 Å².